The van der Waals surface area contributed by atoms with Gasteiger partial charge < -0.3 is 20.1 Å². The van der Waals surface area contributed by atoms with Gasteiger partial charge in [-0.15, -0.1) is 0 Å². The van der Waals surface area contributed by atoms with Crippen molar-refractivity contribution < 1.29 is 59.3 Å². The van der Waals surface area contributed by atoms with Crippen LogP contribution in [0.5, 0.6) is 0 Å². The Labute approximate surface area is 96.2 Å². The van der Waals surface area contributed by atoms with Crippen LogP contribution in [0, 0.1) is 0 Å². The van der Waals surface area contributed by atoms with Crippen molar-refractivity contribution in [3.63, 3.8) is 0 Å². The molecule has 0 unspecified atom stereocenters. The van der Waals surface area contributed by atoms with Crippen LogP contribution in [-0.2, 0) is 14.4 Å². The molecule has 0 aliphatic carbocycles. The quantitative estimate of drug-likeness (QED) is 0.341. The van der Waals surface area contributed by atoms with E-state index in [0.717, 1.165) is 6.92 Å². The SMILES string of the molecule is CC(=O)[O-].O=C(O)/C=C/C(=O)O.[Na+]. The van der Waals surface area contributed by atoms with E-state index in [-0.39, 0.29) is 29.6 Å². The van der Waals surface area contributed by atoms with E-state index in [1.807, 2.05) is 0 Å². The van der Waals surface area contributed by atoms with Gasteiger partial charge in [0.2, 0.25) is 0 Å². The Bertz CT molecular complexity index is 189. The largest absolute Gasteiger partial charge is 1.00 e. The van der Waals surface area contributed by atoms with Gasteiger partial charge in [-0.3, -0.25) is 0 Å². The van der Waals surface area contributed by atoms with E-state index >= 15 is 0 Å². The molecule has 0 fully saturated rings. The van der Waals surface area contributed by atoms with Gasteiger partial charge in [0, 0.05) is 18.1 Å². The molecule has 0 aliphatic rings. The van der Waals surface area contributed by atoms with Gasteiger partial charge in [0.25, 0.3) is 0 Å². The Kier molecular flexibility index (Phi) is 15.5. The minimum Gasteiger partial charge on any atom is -0.550 e. The summed E-state index contributed by atoms with van der Waals surface area (Å²) in [5.74, 6) is -3.60. The molecule has 68 valence electrons. The van der Waals surface area contributed by atoms with Gasteiger partial charge in [-0.25, -0.2) is 9.59 Å². The van der Waals surface area contributed by atoms with Crippen LogP contribution >= 0.6 is 0 Å². The predicted molar refractivity (Wildman–Crippen MR) is 35.1 cm³/mol. The summed E-state index contributed by atoms with van der Waals surface area (Å²) in [6.07, 6.45) is 1.12. The molecule has 13 heavy (non-hydrogen) atoms. The summed E-state index contributed by atoms with van der Waals surface area (Å²) in [6, 6.07) is 0. The van der Waals surface area contributed by atoms with Crippen LogP contribution in [0.1, 0.15) is 6.92 Å². The summed E-state index contributed by atoms with van der Waals surface area (Å²) < 4.78 is 0. The average molecular weight is 198 g/mol. The second-order valence-corrected chi connectivity index (χ2v) is 1.50. The van der Waals surface area contributed by atoms with Crippen LogP contribution in [0.2, 0.25) is 0 Å². The summed E-state index contributed by atoms with van der Waals surface area (Å²) in [5, 5.41) is 24.5. The van der Waals surface area contributed by atoms with Crippen molar-refractivity contribution in [1.82, 2.24) is 0 Å². The van der Waals surface area contributed by atoms with Crippen LogP contribution < -0.4 is 34.7 Å². The van der Waals surface area contributed by atoms with Crippen molar-refractivity contribution in [2.45, 2.75) is 6.92 Å². The minimum atomic E-state index is -1.26. The molecular weight excluding hydrogens is 191 g/mol. The molecule has 0 amide bonds. The zero-order chi connectivity index (χ0) is 10.1. The standard InChI is InChI=1S/C4H4O4.C2H4O2.Na/c5-3(6)1-2-4(7)8;1-2(3)4;/h1-2H,(H,5,6)(H,7,8);1H3,(H,3,4);/q;;+1/p-1/b2-1+;;. The fourth-order valence-electron chi connectivity index (χ4n) is 0.143. The smallest absolute Gasteiger partial charge is 0.550 e. The first-order chi connectivity index (χ1) is 5.36. The first-order valence-corrected chi connectivity index (χ1v) is 2.67. The van der Waals surface area contributed by atoms with Gasteiger partial charge in [0.05, 0.1) is 0 Å². The van der Waals surface area contributed by atoms with Crippen molar-refractivity contribution in [2.75, 3.05) is 0 Å². The van der Waals surface area contributed by atoms with E-state index in [1.165, 1.54) is 0 Å². The van der Waals surface area contributed by atoms with Crippen LogP contribution in [0.25, 0.3) is 0 Å². The molecule has 0 heterocycles. The summed E-state index contributed by atoms with van der Waals surface area (Å²) in [4.78, 5) is 28.0. The van der Waals surface area contributed by atoms with E-state index in [4.69, 9.17) is 20.1 Å². The van der Waals surface area contributed by atoms with E-state index < -0.39 is 17.9 Å². The maximum Gasteiger partial charge on any atom is 1.00 e. The zero-order valence-corrected chi connectivity index (χ0v) is 9.18. The molecule has 7 heteroatoms. The third kappa shape index (κ3) is 54.2. The predicted octanol–water partition coefficient (Wildman–Crippen LogP) is -4.53. The van der Waals surface area contributed by atoms with Gasteiger partial charge in [0.1, 0.15) is 0 Å². The number of carbonyl (C=O) groups excluding carboxylic acids is 1. The molecular formula is C6H7NaO6. The normalized spacial score (nSPS) is 7.77. The van der Waals surface area contributed by atoms with Crippen molar-refractivity contribution in [3.8, 4) is 0 Å². The van der Waals surface area contributed by atoms with E-state index in [1.54, 1.807) is 0 Å². The summed E-state index contributed by atoms with van der Waals surface area (Å²) in [5.41, 5.74) is 0. The van der Waals surface area contributed by atoms with Gasteiger partial charge >= 0.3 is 41.5 Å². The number of carbonyl (C=O) groups is 3. The maximum atomic E-state index is 9.55. The second-order valence-electron chi connectivity index (χ2n) is 1.50. The van der Waals surface area contributed by atoms with Crippen molar-refractivity contribution >= 4 is 17.9 Å². The number of aliphatic carboxylic acids is 3. The molecule has 0 saturated heterocycles. The first-order valence-electron chi connectivity index (χ1n) is 2.67. The van der Waals surface area contributed by atoms with Crippen molar-refractivity contribution in [3.05, 3.63) is 12.2 Å². The molecule has 0 rings (SSSR count). The van der Waals surface area contributed by atoms with Crippen molar-refractivity contribution in [1.29, 1.82) is 0 Å². The monoisotopic (exact) mass is 198 g/mol. The van der Waals surface area contributed by atoms with Crippen LogP contribution in [0.4, 0.5) is 0 Å². The Hall–Kier alpha value is -0.850. The maximum absolute atomic E-state index is 9.55. The Morgan fingerprint density at radius 3 is 1.31 bits per heavy atom. The molecule has 0 saturated carbocycles. The molecule has 0 aliphatic heterocycles. The Morgan fingerprint density at radius 2 is 1.23 bits per heavy atom. The van der Waals surface area contributed by atoms with Crippen LogP contribution in [0.15, 0.2) is 12.2 Å². The van der Waals surface area contributed by atoms with Crippen LogP contribution in [-0.4, -0.2) is 28.1 Å². The van der Waals surface area contributed by atoms with Crippen LogP contribution in [0.3, 0.4) is 0 Å². The van der Waals surface area contributed by atoms with Gasteiger partial charge in [0.15, 0.2) is 0 Å². The fourth-order valence-corrected chi connectivity index (χ4v) is 0.143. The summed E-state index contributed by atoms with van der Waals surface area (Å²) >= 11 is 0. The Morgan fingerprint density at radius 1 is 1.08 bits per heavy atom. The molecule has 0 aromatic heterocycles. The topological polar surface area (TPSA) is 115 Å². The second kappa shape index (κ2) is 11.2. The molecule has 0 bridgehead atoms. The molecule has 0 atom stereocenters. The third-order valence-electron chi connectivity index (χ3n) is 0.368. The molecule has 6 nitrogen and oxygen atoms in total. The number of hydrogen-bond acceptors (Lipinski definition) is 4. The number of carboxylic acids is 3. The first kappa shape index (κ1) is 18.0. The number of rotatable bonds is 2. The molecule has 0 aromatic rings. The average Bonchev–Trinajstić information content (AvgIpc) is 1.82. The van der Waals surface area contributed by atoms with Gasteiger partial charge in [-0.1, -0.05) is 0 Å². The number of carboxylic acid groups (broad SMARTS) is 3. The summed E-state index contributed by atoms with van der Waals surface area (Å²) in [7, 11) is 0. The fraction of sp³-hybridized carbons (Fsp3) is 0.167. The minimum absolute atomic E-state index is 0. The molecule has 2 N–H and O–H groups in total. The van der Waals surface area contributed by atoms with Gasteiger partial charge in [-0.05, 0) is 6.92 Å². The summed E-state index contributed by atoms with van der Waals surface area (Å²) in [6.45, 7) is 0.972. The number of hydrogen-bond donors (Lipinski definition) is 2. The van der Waals surface area contributed by atoms with E-state index in [0.29, 0.717) is 12.2 Å². The molecule has 0 aromatic carbocycles. The van der Waals surface area contributed by atoms with Gasteiger partial charge in [-0.2, -0.15) is 0 Å². The third-order valence-corrected chi connectivity index (χ3v) is 0.368. The molecule has 0 spiro atoms. The van der Waals surface area contributed by atoms with Crippen molar-refractivity contribution in [2.24, 2.45) is 0 Å². The Balaban J connectivity index is -0.000000173. The van der Waals surface area contributed by atoms with E-state index in [2.05, 4.69) is 0 Å². The van der Waals surface area contributed by atoms with E-state index in [9.17, 15) is 9.59 Å². The molecule has 0 radical (unpaired) electrons. The zero-order valence-electron chi connectivity index (χ0n) is 7.18.